The number of rotatable bonds is 1. The molecule has 19 heavy (non-hydrogen) atoms. The third-order valence-electron chi connectivity index (χ3n) is 4.05. The quantitative estimate of drug-likeness (QED) is 0.630. The number of fused-ring (bicyclic) bond motifs is 3. The Morgan fingerprint density at radius 2 is 1.89 bits per heavy atom. The number of phenolic OH excluding ortho intramolecular Hbond substituents is 1. The average Bonchev–Trinajstić information content (AvgIpc) is 2.64. The molecule has 0 fully saturated rings. The number of hydrogen-bond donors (Lipinski definition) is 1. The van der Waals surface area contributed by atoms with Crippen molar-refractivity contribution < 1.29 is 9.52 Å². The van der Waals surface area contributed by atoms with Gasteiger partial charge >= 0.3 is 5.63 Å². The zero-order valence-corrected chi connectivity index (χ0v) is 11.2. The lowest BCUT2D eigenvalue weighted by atomic mass is 9.98. The van der Waals surface area contributed by atoms with Crippen LogP contribution in [0.3, 0.4) is 0 Å². The van der Waals surface area contributed by atoms with Crippen LogP contribution < -0.4 is 5.63 Å². The lowest BCUT2D eigenvalue weighted by molar-refractivity contribution is 0.466. The molecule has 1 aromatic carbocycles. The molecule has 0 radical (unpaired) electrons. The number of aromatic hydroxyl groups is 1. The van der Waals surface area contributed by atoms with Gasteiger partial charge in [0.1, 0.15) is 11.3 Å². The van der Waals surface area contributed by atoms with Crippen molar-refractivity contribution in [3.8, 4) is 5.75 Å². The fourth-order valence-electron chi connectivity index (χ4n) is 2.98. The third-order valence-corrected chi connectivity index (χ3v) is 4.05. The minimum Gasteiger partial charge on any atom is -0.508 e. The number of phenols is 1. The van der Waals surface area contributed by atoms with E-state index in [1.807, 2.05) is 13.0 Å². The van der Waals surface area contributed by atoms with Crippen molar-refractivity contribution in [3.63, 3.8) is 0 Å². The minimum atomic E-state index is -0.229. The van der Waals surface area contributed by atoms with Crippen molar-refractivity contribution in [3.05, 3.63) is 39.2 Å². The molecule has 3 rings (SSSR count). The van der Waals surface area contributed by atoms with Gasteiger partial charge in [-0.25, -0.2) is 4.79 Å². The highest BCUT2D eigenvalue weighted by Gasteiger charge is 2.18. The molecule has 1 N–H and O–H groups in total. The van der Waals surface area contributed by atoms with Gasteiger partial charge in [0.25, 0.3) is 0 Å². The van der Waals surface area contributed by atoms with Crippen LogP contribution in [0.2, 0.25) is 0 Å². The molecule has 1 heterocycles. The van der Waals surface area contributed by atoms with Gasteiger partial charge in [0, 0.05) is 17.0 Å². The molecule has 1 aromatic heterocycles. The van der Waals surface area contributed by atoms with Crippen LogP contribution in [0.1, 0.15) is 42.9 Å². The average molecular weight is 258 g/mol. The second kappa shape index (κ2) is 4.72. The van der Waals surface area contributed by atoms with Crippen LogP contribution in [0.25, 0.3) is 11.0 Å². The monoisotopic (exact) mass is 258 g/mol. The van der Waals surface area contributed by atoms with Gasteiger partial charge in [0.2, 0.25) is 0 Å². The van der Waals surface area contributed by atoms with E-state index in [2.05, 4.69) is 0 Å². The van der Waals surface area contributed by atoms with E-state index in [1.54, 1.807) is 6.07 Å². The minimum absolute atomic E-state index is 0.215. The second-order valence-electron chi connectivity index (χ2n) is 5.24. The molecule has 0 saturated heterocycles. The van der Waals surface area contributed by atoms with Crippen LogP contribution in [0.4, 0.5) is 0 Å². The number of aryl methyl sites for hydroxylation is 2. The van der Waals surface area contributed by atoms with Gasteiger partial charge < -0.3 is 9.52 Å². The van der Waals surface area contributed by atoms with E-state index in [0.717, 1.165) is 60.6 Å². The second-order valence-corrected chi connectivity index (χ2v) is 5.24. The Morgan fingerprint density at radius 3 is 2.63 bits per heavy atom. The molecule has 3 nitrogen and oxygen atoms in total. The van der Waals surface area contributed by atoms with Gasteiger partial charge in [-0.1, -0.05) is 13.3 Å². The van der Waals surface area contributed by atoms with Crippen LogP contribution in [-0.4, -0.2) is 5.11 Å². The van der Waals surface area contributed by atoms with Crippen LogP contribution in [0.15, 0.2) is 21.3 Å². The predicted octanol–water partition coefficient (Wildman–Crippen LogP) is 3.33. The Labute approximate surface area is 111 Å². The molecule has 0 spiro atoms. The Bertz CT molecular complexity index is 682. The molecule has 0 bridgehead atoms. The van der Waals surface area contributed by atoms with Crippen LogP contribution in [-0.2, 0) is 19.3 Å². The molecule has 2 aromatic rings. The van der Waals surface area contributed by atoms with Gasteiger partial charge in [0.15, 0.2) is 0 Å². The van der Waals surface area contributed by atoms with E-state index < -0.39 is 0 Å². The molecule has 100 valence electrons. The van der Waals surface area contributed by atoms with Crippen molar-refractivity contribution in [2.24, 2.45) is 0 Å². The first kappa shape index (κ1) is 12.3. The van der Waals surface area contributed by atoms with Gasteiger partial charge in [0.05, 0.1) is 0 Å². The lowest BCUT2D eigenvalue weighted by Gasteiger charge is -2.10. The zero-order chi connectivity index (χ0) is 13.4. The third kappa shape index (κ3) is 2.03. The largest absolute Gasteiger partial charge is 0.508 e. The summed E-state index contributed by atoms with van der Waals surface area (Å²) in [6, 6.07) is 3.57. The maximum Gasteiger partial charge on any atom is 0.339 e. The summed E-state index contributed by atoms with van der Waals surface area (Å²) in [5, 5.41) is 10.9. The summed E-state index contributed by atoms with van der Waals surface area (Å²) in [7, 11) is 0. The first-order valence-corrected chi connectivity index (χ1v) is 7.01. The number of hydrogen-bond acceptors (Lipinski definition) is 3. The molecule has 0 saturated carbocycles. The van der Waals surface area contributed by atoms with Crippen LogP contribution in [0.5, 0.6) is 5.75 Å². The molecule has 1 aliphatic carbocycles. The Balaban J connectivity index is 2.35. The molecular formula is C16H18O3. The Hall–Kier alpha value is -1.77. The van der Waals surface area contributed by atoms with Gasteiger partial charge in [-0.2, -0.15) is 0 Å². The van der Waals surface area contributed by atoms with Crippen molar-refractivity contribution >= 4 is 11.0 Å². The first-order chi connectivity index (χ1) is 9.20. The van der Waals surface area contributed by atoms with Crippen LogP contribution >= 0.6 is 0 Å². The summed E-state index contributed by atoms with van der Waals surface area (Å²) in [5.41, 5.74) is 3.18. The maximum absolute atomic E-state index is 12.0. The summed E-state index contributed by atoms with van der Waals surface area (Å²) in [5.74, 6) is 0.215. The highest BCUT2D eigenvalue weighted by Crippen LogP contribution is 2.30. The Morgan fingerprint density at radius 1 is 1.16 bits per heavy atom. The van der Waals surface area contributed by atoms with Crippen molar-refractivity contribution in [1.29, 1.82) is 0 Å². The fraction of sp³-hybridized carbons (Fsp3) is 0.438. The predicted molar refractivity (Wildman–Crippen MR) is 74.8 cm³/mol. The lowest BCUT2D eigenvalue weighted by Crippen LogP contribution is -2.11. The van der Waals surface area contributed by atoms with Gasteiger partial charge in [-0.3, -0.25) is 0 Å². The van der Waals surface area contributed by atoms with E-state index in [1.165, 1.54) is 0 Å². The normalized spacial score (nSPS) is 15.2. The fourth-order valence-corrected chi connectivity index (χ4v) is 2.98. The highest BCUT2D eigenvalue weighted by atomic mass is 16.4. The topological polar surface area (TPSA) is 50.4 Å². The molecule has 0 unspecified atom stereocenters. The summed E-state index contributed by atoms with van der Waals surface area (Å²) in [4.78, 5) is 12.0. The summed E-state index contributed by atoms with van der Waals surface area (Å²) in [6.07, 6.45) is 5.86. The van der Waals surface area contributed by atoms with Gasteiger partial charge in [-0.05, 0) is 49.3 Å². The molecule has 3 heteroatoms. The van der Waals surface area contributed by atoms with E-state index >= 15 is 0 Å². The van der Waals surface area contributed by atoms with E-state index in [4.69, 9.17) is 4.42 Å². The van der Waals surface area contributed by atoms with Crippen LogP contribution in [0, 0.1) is 0 Å². The SMILES string of the molecule is CCc1cc2c3c(c(=O)oc2cc1O)CCCCC3. The summed E-state index contributed by atoms with van der Waals surface area (Å²) >= 11 is 0. The maximum atomic E-state index is 12.0. The first-order valence-electron chi connectivity index (χ1n) is 7.01. The van der Waals surface area contributed by atoms with E-state index in [-0.39, 0.29) is 11.4 Å². The molecule has 0 atom stereocenters. The number of benzene rings is 1. The molecule has 1 aliphatic rings. The molecule has 0 amide bonds. The van der Waals surface area contributed by atoms with E-state index in [9.17, 15) is 9.90 Å². The standard InChI is InChI=1S/C16H18O3/c1-2-10-8-13-11-6-4-3-5-7-12(11)16(18)19-15(13)9-14(10)17/h8-9,17H,2-7H2,1H3. The van der Waals surface area contributed by atoms with Crippen molar-refractivity contribution in [2.75, 3.05) is 0 Å². The van der Waals surface area contributed by atoms with Gasteiger partial charge in [-0.15, -0.1) is 0 Å². The summed E-state index contributed by atoms with van der Waals surface area (Å²) < 4.78 is 5.38. The Kier molecular flexibility index (Phi) is 3.05. The molecular weight excluding hydrogens is 240 g/mol. The smallest absolute Gasteiger partial charge is 0.339 e. The molecule has 0 aliphatic heterocycles. The summed E-state index contributed by atoms with van der Waals surface area (Å²) in [6.45, 7) is 2.01. The van der Waals surface area contributed by atoms with E-state index in [0.29, 0.717) is 5.58 Å². The highest BCUT2D eigenvalue weighted by molar-refractivity contribution is 5.83. The van der Waals surface area contributed by atoms with Crippen molar-refractivity contribution in [2.45, 2.75) is 45.4 Å². The zero-order valence-electron chi connectivity index (χ0n) is 11.2. The van der Waals surface area contributed by atoms with Crippen molar-refractivity contribution in [1.82, 2.24) is 0 Å².